The van der Waals surface area contributed by atoms with Crippen molar-refractivity contribution in [2.75, 3.05) is 6.61 Å². The van der Waals surface area contributed by atoms with Crippen LogP contribution in [0.1, 0.15) is 43.0 Å². The van der Waals surface area contributed by atoms with E-state index in [9.17, 15) is 14.7 Å². The van der Waals surface area contributed by atoms with E-state index in [1.54, 1.807) is 30.3 Å². The molecule has 0 spiro atoms. The van der Waals surface area contributed by atoms with E-state index < -0.39 is 11.5 Å². The van der Waals surface area contributed by atoms with Gasteiger partial charge in [0, 0.05) is 0 Å². The SMILES string of the molecule is CC1=CC(=O)[C@]2(CCCOC(=O)c3ccccc3)[C@H](O)CC[C@H]12. The van der Waals surface area contributed by atoms with Gasteiger partial charge in [0.15, 0.2) is 5.78 Å². The van der Waals surface area contributed by atoms with Crippen molar-refractivity contribution in [1.29, 1.82) is 0 Å². The highest BCUT2D eigenvalue weighted by atomic mass is 16.5. The maximum atomic E-state index is 12.4. The molecule has 0 aromatic heterocycles. The summed E-state index contributed by atoms with van der Waals surface area (Å²) in [5.41, 5.74) is 0.926. The third kappa shape index (κ3) is 2.72. The summed E-state index contributed by atoms with van der Waals surface area (Å²) in [6, 6.07) is 8.86. The summed E-state index contributed by atoms with van der Waals surface area (Å²) < 4.78 is 5.28. The minimum atomic E-state index is -0.677. The topological polar surface area (TPSA) is 63.6 Å². The minimum absolute atomic E-state index is 0.0411. The zero-order valence-electron chi connectivity index (χ0n) is 13.3. The van der Waals surface area contributed by atoms with Crippen molar-refractivity contribution in [2.24, 2.45) is 11.3 Å². The van der Waals surface area contributed by atoms with Crippen LogP contribution in [0.4, 0.5) is 0 Å². The highest BCUT2D eigenvalue weighted by molar-refractivity contribution is 5.99. The van der Waals surface area contributed by atoms with Gasteiger partial charge in [-0.25, -0.2) is 4.79 Å². The second-order valence-electron chi connectivity index (χ2n) is 6.54. The van der Waals surface area contributed by atoms with E-state index in [0.717, 1.165) is 12.0 Å². The number of ketones is 1. The molecule has 2 aliphatic rings. The van der Waals surface area contributed by atoms with E-state index in [-0.39, 0.29) is 24.3 Å². The number of hydrogen-bond donors (Lipinski definition) is 1. The van der Waals surface area contributed by atoms with Gasteiger partial charge >= 0.3 is 5.97 Å². The predicted octanol–water partition coefficient (Wildman–Crippen LogP) is 2.91. The Labute approximate surface area is 136 Å². The molecule has 23 heavy (non-hydrogen) atoms. The zero-order valence-corrected chi connectivity index (χ0v) is 13.3. The number of aliphatic hydroxyl groups excluding tert-OH is 1. The van der Waals surface area contributed by atoms with E-state index in [4.69, 9.17) is 4.74 Å². The highest BCUT2D eigenvalue weighted by Crippen LogP contribution is 2.54. The molecule has 0 amide bonds. The molecule has 1 aromatic carbocycles. The quantitative estimate of drug-likeness (QED) is 0.670. The number of carbonyl (C=O) groups excluding carboxylic acids is 2. The standard InChI is InChI=1S/C19H22O4/c1-13-12-17(21)19(15(13)8-9-16(19)20)10-5-11-23-18(22)14-6-3-2-4-7-14/h2-4,6-7,12,15-16,20H,5,8-11H2,1H3/t15-,16-,19+/m1/s1. The monoisotopic (exact) mass is 314 g/mol. The first kappa shape index (κ1) is 15.9. The van der Waals surface area contributed by atoms with Gasteiger partial charge in [0.2, 0.25) is 0 Å². The Hall–Kier alpha value is -1.94. The molecule has 122 valence electrons. The Morgan fingerprint density at radius 2 is 2.04 bits per heavy atom. The number of allylic oxidation sites excluding steroid dienone is 2. The molecule has 2 aliphatic carbocycles. The number of fused-ring (bicyclic) bond motifs is 1. The summed E-state index contributed by atoms with van der Waals surface area (Å²) in [6.45, 7) is 2.24. The first-order valence-electron chi connectivity index (χ1n) is 8.18. The van der Waals surface area contributed by atoms with Crippen molar-refractivity contribution >= 4 is 11.8 Å². The van der Waals surface area contributed by atoms with Crippen molar-refractivity contribution in [3.05, 3.63) is 47.5 Å². The Morgan fingerprint density at radius 3 is 2.78 bits per heavy atom. The second kappa shape index (κ2) is 6.28. The first-order valence-corrected chi connectivity index (χ1v) is 8.18. The van der Waals surface area contributed by atoms with Crippen LogP contribution in [0.5, 0.6) is 0 Å². The number of aliphatic hydroxyl groups is 1. The van der Waals surface area contributed by atoms with Crippen LogP contribution in [-0.2, 0) is 9.53 Å². The molecule has 0 unspecified atom stereocenters. The summed E-state index contributed by atoms with van der Waals surface area (Å²) >= 11 is 0. The molecule has 4 nitrogen and oxygen atoms in total. The van der Waals surface area contributed by atoms with Crippen LogP contribution >= 0.6 is 0 Å². The smallest absolute Gasteiger partial charge is 0.338 e. The number of hydrogen-bond acceptors (Lipinski definition) is 4. The molecule has 1 saturated carbocycles. The van der Waals surface area contributed by atoms with Crippen molar-refractivity contribution < 1.29 is 19.4 Å². The molecule has 1 N–H and O–H groups in total. The molecular formula is C19H22O4. The molecule has 1 fully saturated rings. The predicted molar refractivity (Wildman–Crippen MR) is 85.9 cm³/mol. The summed E-state index contributed by atoms with van der Waals surface area (Å²) in [5.74, 6) is -0.159. The van der Waals surface area contributed by atoms with Crippen LogP contribution in [0.25, 0.3) is 0 Å². The normalized spacial score (nSPS) is 29.3. The largest absolute Gasteiger partial charge is 0.462 e. The average molecular weight is 314 g/mol. The van der Waals surface area contributed by atoms with E-state index in [0.29, 0.717) is 24.8 Å². The minimum Gasteiger partial charge on any atom is -0.462 e. The summed E-state index contributed by atoms with van der Waals surface area (Å²) in [4.78, 5) is 24.3. The maximum absolute atomic E-state index is 12.4. The number of rotatable bonds is 5. The summed E-state index contributed by atoms with van der Waals surface area (Å²) in [5, 5.41) is 10.4. The van der Waals surface area contributed by atoms with Crippen molar-refractivity contribution in [3.63, 3.8) is 0 Å². The van der Waals surface area contributed by atoms with E-state index >= 15 is 0 Å². The fraction of sp³-hybridized carbons (Fsp3) is 0.474. The number of ether oxygens (including phenoxy) is 1. The molecular weight excluding hydrogens is 292 g/mol. The van der Waals surface area contributed by atoms with Gasteiger partial charge in [0.1, 0.15) is 0 Å². The number of benzene rings is 1. The van der Waals surface area contributed by atoms with Crippen molar-refractivity contribution in [3.8, 4) is 0 Å². The second-order valence-corrected chi connectivity index (χ2v) is 6.54. The van der Waals surface area contributed by atoms with Crippen LogP contribution in [0.15, 0.2) is 42.0 Å². The molecule has 3 rings (SSSR count). The summed E-state index contributed by atoms with van der Waals surface area (Å²) in [6.07, 6.45) is 3.78. The van der Waals surface area contributed by atoms with Crippen molar-refractivity contribution in [2.45, 2.75) is 38.7 Å². The lowest BCUT2D eigenvalue weighted by Crippen LogP contribution is -2.39. The first-order chi connectivity index (χ1) is 11.1. The van der Waals surface area contributed by atoms with Gasteiger partial charge < -0.3 is 9.84 Å². The molecule has 1 aromatic rings. The van der Waals surface area contributed by atoms with Crippen LogP contribution in [0, 0.1) is 11.3 Å². The Balaban J connectivity index is 1.56. The lowest BCUT2D eigenvalue weighted by Gasteiger charge is -2.32. The third-order valence-electron chi connectivity index (χ3n) is 5.29. The zero-order chi connectivity index (χ0) is 16.4. The Morgan fingerprint density at radius 1 is 1.30 bits per heavy atom. The van der Waals surface area contributed by atoms with Crippen molar-refractivity contribution in [1.82, 2.24) is 0 Å². The van der Waals surface area contributed by atoms with Gasteiger partial charge in [-0.15, -0.1) is 0 Å². The van der Waals surface area contributed by atoms with Gasteiger partial charge in [-0.05, 0) is 56.7 Å². The molecule has 4 heteroatoms. The highest BCUT2D eigenvalue weighted by Gasteiger charge is 2.57. The van der Waals surface area contributed by atoms with Crippen LogP contribution in [0.2, 0.25) is 0 Å². The lowest BCUT2D eigenvalue weighted by atomic mass is 9.72. The number of carbonyl (C=O) groups is 2. The fourth-order valence-electron chi connectivity index (χ4n) is 4.13. The lowest BCUT2D eigenvalue weighted by molar-refractivity contribution is -0.130. The van der Waals surface area contributed by atoms with E-state index in [1.165, 1.54) is 0 Å². The molecule has 0 saturated heterocycles. The van der Waals surface area contributed by atoms with Crippen LogP contribution in [0.3, 0.4) is 0 Å². The molecule has 0 radical (unpaired) electrons. The van der Waals surface area contributed by atoms with Gasteiger partial charge in [0.25, 0.3) is 0 Å². The third-order valence-corrected chi connectivity index (χ3v) is 5.29. The van der Waals surface area contributed by atoms with Gasteiger partial charge in [0.05, 0.1) is 23.7 Å². The number of esters is 1. The van der Waals surface area contributed by atoms with E-state index in [1.807, 2.05) is 13.0 Å². The maximum Gasteiger partial charge on any atom is 0.338 e. The fourth-order valence-corrected chi connectivity index (χ4v) is 4.13. The molecule has 0 aliphatic heterocycles. The molecule has 3 atom stereocenters. The Bertz CT molecular complexity index is 634. The average Bonchev–Trinajstić information content (AvgIpc) is 3.01. The van der Waals surface area contributed by atoms with Gasteiger partial charge in [-0.1, -0.05) is 23.8 Å². The molecule has 0 heterocycles. The van der Waals surface area contributed by atoms with E-state index in [2.05, 4.69) is 0 Å². The summed E-state index contributed by atoms with van der Waals surface area (Å²) in [7, 11) is 0. The van der Waals surface area contributed by atoms with Crippen LogP contribution in [-0.4, -0.2) is 29.6 Å². The molecule has 0 bridgehead atoms. The van der Waals surface area contributed by atoms with Crippen LogP contribution < -0.4 is 0 Å². The Kier molecular flexibility index (Phi) is 4.35. The van der Waals surface area contributed by atoms with Gasteiger partial charge in [-0.2, -0.15) is 0 Å². The van der Waals surface area contributed by atoms with Gasteiger partial charge in [-0.3, -0.25) is 4.79 Å².